The number of carbonyl (C=O) groups excluding carboxylic acids is 1. The minimum absolute atomic E-state index is 0.0575. The molecule has 0 saturated carbocycles. The van der Waals surface area contributed by atoms with Gasteiger partial charge in [-0.1, -0.05) is 20.8 Å². The molecule has 24 heavy (non-hydrogen) atoms. The molecule has 142 valence electrons. The van der Waals surface area contributed by atoms with Gasteiger partial charge in [-0.15, -0.1) is 0 Å². The molecule has 1 saturated heterocycles. The summed E-state index contributed by atoms with van der Waals surface area (Å²) in [7, 11) is -1.87. The summed E-state index contributed by atoms with van der Waals surface area (Å²) in [4.78, 5) is 14.3. The zero-order valence-electron chi connectivity index (χ0n) is 16.8. The van der Waals surface area contributed by atoms with Crippen LogP contribution in [-0.4, -0.2) is 55.3 Å². The van der Waals surface area contributed by atoms with Gasteiger partial charge in [0.05, 0.1) is 6.10 Å². The normalized spacial score (nSPS) is 22.8. The monoisotopic (exact) mass is 359 g/mol. The number of likely N-dealkylation sites (tertiary alicyclic amines) is 1. The number of nitrogens with zero attached hydrogens (tertiary/aromatic N) is 1. The van der Waals surface area contributed by atoms with Crippen LogP contribution in [0, 0.1) is 0 Å². The number of aliphatic hydroxyl groups is 1. The maximum absolute atomic E-state index is 12.5. The quantitative estimate of drug-likeness (QED) is 0.749. The predicted molar refractivity (Wildman–Crippen MR) is 99.7 cm³/mol. The van der Waals surface area contributed by atoms with Crippen LogP contribution >= 0.6 is 0 Å². The van der Waals surface area contributed by atoms with E-state index in [1.807, 2.05) is 20.8 Å². The topological polar surface area (TPSA) is 59.0 Å². The Morgan fingerprint density at radius 1 is 1.21 bits per heavy atom. The Bertz CT molecular complexity index is 426. The minimum Gasteiger partial charge on any atom is -0.444 e. The van der Waals surface area contributed by atoms with Gasteiger partial charge in [-0.25, -0.2) is 4.79 Å². The second-order valence-corrected chi connectivity index (χ2v) is 14.1. The van der Waals surface area contributed by atoms with Crippen molar-refractivity contribution in [2.45, 2.75) is 96.7 Å². The van der Waals surface area contributed by atoms with E-state index >= 15 is 0 Å². The van der Waals surface area contributed by atoms with Crippen LogP contribution in [0.1, 0.15) is 60.8 Å². The molecule has 0 bridgehead atoms. The molecule has 1 N–H and O–H groups in total. The van der Waals surface area contributed by atoms with Gasteiger partial charge >= 0.3 is 6.09 Å². The molecule has 1 aliphatic heterocycles. The molecule has 0 aromatic rings. The van der Waals surface area contributed by atoms with Crippen LogP contribution < -0.4 is 0 Å². The van der Waals surface area contributed by atoms with Crippen molar-refractivity contribution in [3.8, 4) is 0 Å². The van der Waals surface area contributed by atoms with E-state index in [1.165, 1.54) is 0 Å². The van der Waals surface area contributed by atoms with Crippen LogP contribution in [-0.2, 0) is 9.16 Å². The van der Waals surface area contributed by atoms with Gasteiger partial charge < -0.3 is 19.2 Å². The number of ether oxygens (including phenoxy) is 1. The molecule has 6 heteroatoms. The van der Waals surface area contributed by atoms with Crippen LogP contribution in [0.15, 0.2) is 0 Å². The number of carbonyl (C=O) groups is 1. The third kappa shape index (κ3) is 6.04. The third-order valence-electron chi connectivity index (χ3n) is 4.97. The fourth-order valence-electron chi connectivity index (χ4n) is 2.70. The SMILES string of the molecule is CC(C)(C)OC(=O)N1C[C@H](O[Si](C)(C)C(C)(C)C)C[C@H]1CCCO. The summed E-state index contributed by atoms with van der Waals surface area (Å²) in [6.07, 6.45) is 2.09. The van der Waals surface area contributed by atoms with Crippen molar-refractivity contribution in [3.05, 3.63) is 0 Å². The first-order valence-electron chi connectivity index (χ1n) is 9.05. The van der Waals surface area contributed by atoms with Crippen LogP contribution in [0.4, 0.5) is 4.79 Å². The molecule has 0 aliphatic carbocycles. The fourth-order valence-corrected chi connectivity index (χ4v) is 4.05. The summed E-state index contributed by atoms with van der Waals surface area (Å²) in [6.45, 7) is 17.5. The minimum atomic E-state index is -1.87. The maximum Gasteiger partial charge on any atom is 0.410 e. The maximum atomic E-state index is 12.5. The first-order valence-corrected chi connectivity index (χ1v) is 12.0. The molecule has 1 amide bonds. The third-order valence-corrected chi connectivity index (χ3v) is 9.50. The fraction of sp³-hybridized carbons (Fsp3) is 0.944. The lowest BCUT2D eigenvalue weighted by atomic mass is 10.1. The van der Waals surface area contributed by atoms with Crippen LogP contribution in [0.25, 0.3) is 0 Å². The van der Waals surface area contributed by atoms with Gasteiger partial charge in [-0.3, -0.25) is 0 Å². The van der Waals surface area contributed by atoms with E-state index in [0.29, 0.717) is 13.0 Å². The number of rotatable bonds is 5. The van der Waals surface area contributed by atoms with Crippen molar-refractivity contribution in [1.82, 2.24) is 4.90 Å². The lowest BCUT2D eigenvalue weighted by Crippen LogP contribution is -2.45. The van der Waals surface area contributed by atoms with Crippen molar-refractivity contribution < 1.29 is 19.1 Å². The van der Waals surface area contributed by atoms with Gasteiger partial charge in [-0.05, 0) is 58.2 Å². The van der Waals surface area contributed by atoms with E-state index in [2.05, 4.69) is 33.9 Å². The van der Waals surface area contributed by atoms with E-state index in [1.54, 1.807) is 4.90 Å². The van der Waals surface area contributed by atoms with Crippen LogP contribution in [0.2, 0.25) is 18.1 Å². The molecule has 1 aliphatic rings. The smallest absolute Gasteiger partial charge is 0.410 e. The van der Waals surface area contributed by atoms with Gasteiger partial charge in [-0.2, -0.15) is 0 Å². The first kappa shape index (κ1) is 21.4. The molecule has 5 nitrogen and oxygen atoms in total. The second-order valence-electron chi connectivity index (χ2n) is 9.39. The van der Waals surface area contributed by atoms with Gasteiger partial charge in [0.2, 0.25) is 0 Å². The molecule has 0 spiro atoms. The Morgan fingerprint density at radius 3 is 2.25 bits per heavy atom. The van der Waals surface area contributed by atoms with Crippen molar-refractivity contribution in [2.24, 2.45) is 0 Å². The Morgan fingerprint density at radius 2 is 1.79 bits per heavy atom. The summed E-state index contributed by atoms with van der Waals surface area (Å²) in [5.41, 5.74) is -0.503. The Kier molecular flexibility index (Phi) is 6.92. The van der Waals surface area contributed by atoms with E-state index in [0.717, 1.165) is 12.8 Å². The zero-order chi connectivity index (χ0) is 18.8. The van der Waals surface area contributed by atoms with Gasteiger partial charge in [0.15, 0.2) is 8.32 Å². The molecular weight excluding hydrogens is 322 g/mol. The van der Waals surface area contributed by atoms with Crippen LogP contribution in [0.3, 0.4) is 0 Å². The lowest BCUT2D eigenvalue weighted by molar-refractivity contribution is 0.0200. The van der Waals surface area contributed by atoms with Crippen molar-refractivity contribution in [1.29, 1.82) is 0 Å². The predicted octanol–water partition coefficient (Wildman–Crippen LogP) is 4.16. The lowest BCUT2D eigenvalue weighted by Gasteiger charge is -2.38. The first-order chi connectivity index (χ1) is 10.8. The van der Waals surface area contributed by atoms with Crippen molar-refractivity contribution in [3.63, 3.8) is 0 Å². The van der Waals surface area contributed by atoms with E-state index in [-0.39, 0.29) is 29.9 Å². The standard InChI is InChI=1S/C18H37NO4Si/c1-17(2,3)22-16(21)19-13-15(12-14(19)10-9-11-20)23-24(7,8)18(4,5)6/h14-15,20H,9-13H2,1-8H3/t14-,15-/m1/s1. The van der Waals surface area contributed by atoms with Crippen LogP contribution in [0.5, 0.6) is 0 Å². The number of aliphatic hydroxyl groups excluding tert-OH is 1. The molecule has 0 unspecified atom stereocenters. The second kappa shape index (κ2) is 7.75. The average Bonchev–Trinajstić information content (AvgIpc) is 2.75. The van der Waals surface area contributed by atoms with E-state index in [4.69, 9.17) is 14.3 Å². The largest absolute Gasteiger partial charge is 0.444 e. The molecule has 1 fully saturated rings. The number of hydrogen-bond donors (Lipinski definition) is 1. The van der Waals surface area contributed by atoms with E-state index < -0.39 is 13.9 Å². The zero-order valence-corrected chi connectivity index (χ0v) is 17.8. The van der Waals surface area contributed by atoms with Gasteiger partial charge in [0.1, 0.15) is 5.60 Å². The Labute approximate surface area is 148 Å². The van der Waals surface area contributed by atoms with E-state index in [9.17, 15) is 4.79 Å². The summed E-state index contributed by atoms with van der Waals surface area (Å²) < 4.78 is 12.1. The Hall–Kier alpha value is -0.593. The number of hydrogen-bond acceptors (Lipinski definition) is 4. The van der Waals surface area contributed by atoms with Gasteiger partial charge in [0, 0.05) is 19.2 Å². The highest BCUT2D eigenvalue weighted by atomic mass is 28.4. The highest BCUT2D eigenvalue weighted by Gasteiger charge is 2.44. The van der Waals surface area contributed by atoms with Gasteiger partial charge in [0.25, 0.3) is 0 Å². The summed E-state index contributed by atoms with van der Waals surface area (Å²) in [5.74, 6) is 0. The summed E-state index contributed by atoms with van der Waals surface area (Å²) in [6, 6.07) is 0.0850. The summed E-state index contributed by atoms with van der Waals surface area (Å²) in [5, 5.41) is 9.28. The average molecular weight is 360 g/mol. The molecule has 1 rings (SSSR count). The summed E-state index contributed by atoms with van der Waals surface area (Å²) >= 11 is 0. The molecular formula is C18H37NO4Si. The molecule has 1 heterocycles. The highest BCUT2D eigenvalue weighted by molar-refractivity contribution is 6.74. The molecule has 0 aromatic heterocycles. The molecule has 0 aromatic carbocycles. The molecule has 2 atom stereocenters. The van der Waals surface area contributed by atoms with Crippen molar-refractivity contribution in [2.75, 3.05) is 13.2 Å². The molecule has 0 radical (unpaired) electrons. The number of amides is 1. The Balaban J connectivity index is 2.81. The highest BCUT2D eigenvalue weighted by Crippen LogP contribution is 2.39. The van der Waals surface area contributed by atoms with Crippen molar-refractivity contribution >= 4 is 14.4 Å².